The first kappa shape index (κ1) is 15.6. The molecule has 0 aromatic heterocycles. The standard InChI is InChI=1S/C15H11FO6/c1-21-14(19)10(15(20)22-2)9-11(16)13(18)8-6-4-3-5-7(8)12(9)17/h3-6,10H,1-2H3. The minimum absolute atomic E-state index is 0.0818. The van der Waals surface area contributed by atoms with Gasteiger partial charge in [0.1, 0.15) is 0 Å². The lowest BCUT2D eigenvalue weighted by molar-refractivity contribution is -0.156. The molecule has 114 valence electrons. The summed E-state index contributed by atoms with van der Waals surface area (Å²) in [5.74, 6) is -7.75. The van der Waals surface area contributed by atoms with Crippen LogP contribution in [0.25, 0.3) is 0 Å². The number of carbonyl (C=O) groups is 4. The Kier molecular flexibility index (Phi) is 4.16. The first-order valence-electron chi connectivity index (χ1n) is 6.17. The molecule has 0 aliphatic heterocycles. The van der Waals surface area contributed by atoms with Gasteiger partial charge in [-0.2, -0.15) is 0 Å². The van der Waals surface area contributed by atoms with Gasteiger partial charge in [-0.05, 0) is 0 Å². The third kappa shape index (κ3) is 2.30. The summed E-state index contributed by atoms with van der Waals surface area (Å²) in [6.07, 6.45) is 0. The Bertz CT molecular complexity index is 702. The molecule has 1 aliphatic carbocycles. The van der Waals surface area contributed by atoms with Crippen molar-refractivity contribution in [1.82, 2.24) is 0 Å². The molecular formula is C15H11FO6. The lowest BCUT2D eigenvalue weighted by Gasteiger charge is -2.20. The summed E-state index contributed by atoms with van der Waals surface area (Å²) in [5, 5.41) is 0. The quantitative estimate of drug-likeness (QED) is 0.617. The number of ketones is 2. The van der Waals surface area contributed by atoms with E-state index in [1.165, 1.54) is 24.3 Å². The Morgan fingerprint density at radius 2 is 1.41 bits per heavy atom. The number of hydrogen-bond donors (Lipinski definition) is 0. The molecule has 6 nitrogen and oxygen atoms in total. The molecule has 0 saturated carbocycles. The highest BCUT2D eigenvalue weighted by molar-refractivity contribution is 6.29. The Morgan fingerprint density at radius 1 is 0.955 bits per heavy atom. The van der Waals surface area contributed by atoms with Crippen molar-refractivity contribution in [3.8, 4) is 0 Å². The number of Topliss-reactive ketones (excluding diaryl/α,β-unsaturated/α-hetero) is 2. The molecule has 1 aliphatic rings. The maximum atomic E-state index is 14.3. The highest BCUT2D eigenvalue weighted by Gasteiger charge is 2.44. The van der Waals surface area contributed by atoms with Gasteiger partial charge in [-0.1, -0.05) is 24.3 Å². The zero-order valence-electron chi connectivity index (χ0n) is 11.7. The minimum atomic E-state index is -1.94. The SMILES string of the molecule is COC(=O)C(C(=O)OC)C1=C(F)C(=O)c2ccccc2C1=O. The van der Waals surface area contributed by atoms with E-state index >= 15 is 0 Å². The Hall–Kier alpha value is -2.83. The van der Waals surface area contributed by atoms with Gasteiger partial charge in [0.05, 0.1) is 19.8 Å². The lowest BCUT2D eigenvalue weighted by Crippen LogP contribution is -2.35. The molecule has 1 aromatic rings. The third-order valence-electron chi connectivity index (χ3n) is 3.26. The highest BCUT2D eigenvalue weighted by Crippen LogP contribution is 2.32. The molecule has 0 bridgehead atoms. The number of fused-ring (bicyclic) bond motifs is 1. The number of halogens is 1. The van der Waals surface area contributed by atoms with Gasteiger partial charge in [0.25, 0.3) is 0 Å². The number of carbonyl (C=O) groups excluding carboxylic acids is 4. The number of esters is 2. The predicted octanol–water partition coefficient (Wildman–Crippen LogP) is 1.25. The largest absolute Gasteiger partial charge is 0.468 e. The van der Waals surface area contributed by atoms with E-state index in [0.717, 1.165) is 14.2 Å². The van der Waals surface area contributed by atoms with E-state index in [4.69, 9.17) is 0 Å². The van der Waals surface area contributed by atoms with Crippen molar-refractivity contribution in [3.63, 3.8) is 0 Å². The van der Waals surface area contributed by atoms with Crippen LogP contribution in [-0.4, -0.2) is 37.7 Å². The van der Waals surface area contributed by atoms with E-state index < -0.39 is 40.8 Å². The first-order valence-corrected chi connectivity index (χ1v) is 6.17. The maximum absolute atomic E-state index is 14.3. The summed E-state index contributed by atoms with van der Waals surface area (Å²) in [6.45, 7) is 0. The minimum Gasteiger partial charge on any atom is -0.468 e. The molecular weight excluding hydrogens is 295 g/mol. The van der Waals surface area contributed by atoms with Crippen LogP contribution in [0.15, 0.2) is 35.7 Å². The fourth-order valence-corrected chi connectivity index (χ4v) is 2.19. The van der Waals surface area contributed by atoms with Gasteiger partial charge >= 0.3 is 11.9 Å². The molecule has 0 unspecified atom stereocenters. The van der Waals surface area contributed by atoms with E-state index in [1.54, 1.807) is 0 Å². The zero-order valence-corrected chi connectivity index (χ0v) is 11.7. The van der Waals surface area contributed by atoms with Gasteiger partial charge in [-0.3, -0.25) is 19.2 Å². The van der Waals surface area contributed by atoms with Crippen molar-refractivity contribution < 1.29 is 33.0 Å². The van der Waals surface area contributed by atoms with Crippen LogP contribution < -0.4 is 0 Å². The smallest absolute Gasteiger partial charge is 0.324 e. The average Bonchev–Trinajstić information content (AvgIpc) is 2.55. The normalized spacial score (nSPS) is 14.0. The van der Waals surface area contributed by atoms with Gasteiger partial charge in [-0.15, -0.1) is 0 Å². The average molecular weight is 306 g/mol. The van der Waals surface area contributed by atoms with Crippen molar-refractivity contribution in [1.29, 1.82) is 0 Å². The molecule has 0 fully saturated rings. The molecule has 22 heavy (non-hydrogen) atoms. The van der Waals surface area contributed by atoms with Crippen LogP contribution in [0.5, 0.6) is 0 Å². The van der Waals surface area contributed by atoms with Crippen LogP contribution in [0.4, 0.5) is 4.39 Å². The number of ether oxygens (including phenoxy) is 2. The Morgan fingerprint density at radius 3 is 1.86 bits per heavy atom. The fourth-order valence-electron chi connectivity index (χ4n) is 2.19. The number of allylic oxidation sites excluding steroid dienone is 1. The van der Waals surface area contributed by atoms with Gasteiger partial charge in [0, 0.05) is 11.1 Å². The third-order valence-corrected chi connectivity index (χ3v) is 3.26. The van der Waals surface area contributed by atoms with Gasteiger partial charge < -0.3 is 9.47 Å². The summed E-state index contributed by atoms with van der Waals surface area (Å²) in [6, 6.07) is 5.56. The lowest BCUT2D eigenvalue weighted by atomic mass is 9.82. The number of hydrogen-bond acceptors (Lipinski definition) is 6. The molecule has 1 aromatic carbocycles. The van der Waals surface area contributed by atoms with Crippen LogP contribution in [0.3, 0.4) is 0 Å². The van der Waals surface area contributed by atoms with E-state index in [0.29, 0.717) is 0 Å². The molecule has 0 radical (unpaired) electrons. The fraction of sp³-hybridized carbons (Fsp3) is 0.200. The van der Waals surface area contributed by atoms with Gasteiger partial charge in [-0.25, -0.2) is 4.39 Å². The molecule has 0 amide bonds. The van der Waals surface area contributed by atoms with Gasteiger partial charge in [0.15, 0.2) is 17.5 Å². The topological polar surface area (TPSA) is 86.7 Å². The Balaban J connectivity index is 2.65. The summed E-state index contributed by atoms with van der Waals surface area (Å²) < 4.78 is 23.1. The van der Waals surface area contributed by atoms with Crippen LogP contribution in [0.1, 0.15) is 20.7 Å². The van der Waals surface area contributed by atoms with Crippen LogP contribution >= 0.6 is 0 Å². The monoisotopic (exact) mass is 306 g/mol. The second-order valence-corrected chi connectivity index (χ2v) is 4.41. The molecule has 7 heteroatoms. The summed E-state index contributed by atoms with van der Waals surface area (Å²) in [4.78, 5) is 47.9. The zero-order chi connectivity index (χ0) is 16.4. The number of benzene rings is 1. The summed E-state index contributed by atoms with van der Waals surface area (Å²) in [5.41, 5.74) is -1.06. The van der Waals surface area contributed by atoms with E-state index in [2.05, 4.69) is 9.47 Å². The predicted molar refractivity (Wildman–Crippen MR) is 70.8 cm³/mol. The van der Waals surface area contributed by atoms with Crippen molar-refractivity contribution >= 4 is 23.5 Å². The number of methoxy groups -OCH3 is 2. The maximum Gasteiger partial charge on any atom is 0.324 e. The molecule has 0 heterocycles. The van der Waals surface area contributed by atoms with E-state index in [-0.39, 0.29) is 11.1 Å². The van der Waals surface area contributed by atoms with Crippen molar-refractivity contribution in [2.24, 2.45) is 5.92 Å². The molecule has 2 rings (SSSR count). The second-order valence-electron chi connectivity index (χ2n) is 4.41. The highest BCUT2D eigenvalue weighted by atomic mass is 19.1. The van der Waals surface area contributed by atoms with Crippen LogP contribution in [0.2, 0.25) is 0 Å². The number of rotatable bonds is 3. The molecule has 0 N–H and O–H groups in total. The summed E-state index contributed by atoms with van der Waals surface area (Å²) >= 11 is 0. The summed E-state index contributed by atoms with van der Waals surface area (Å²) in [7, 11) is 1.94. The van der Waals surface area contributed by atoms with E-state index in [1.807, 2.05) is 0 Å². The van der Waals surface area contributed by atoms with Crippen LogP contribution in [-0.2, 0) is 19.1 Å². The van der Waals surface area contributed by atoms with Crippen molar-refractivity contribution in [2.45, 2.75) is 0 Å². The van der Waals surface area contributed by atoms with Crippen LogP contribution in [0, 0.1) is 5.92 Å². The Labute approximate surface area is 124 Å². The van der Waals surface area contributed by atoms with E-state index in [9.17, 15) is 23.6 Å². The molecule has 0 atom stereocenters. The van der Waals surface area contributed by atoms with Crippen molar-refractivity contribution in [2.75, 3.05) is 14.2 Å². The molecule has 0 spiro atoms. The van der Waals surface area contributed by atoms with Gasteiger partial charge in [0.2, 0.25) is 5.78 Å². The van der Waals surface area contributed by atoms with Crippen molar-refractivity contribution in [3.05, 3.63) is 46.8 Å². The molecule has 0 saturated heterocycles. The second kappa shape index (κ2) is 5.88. The first-order chi connectivity index (χ1) is 10.4.